The van der Waals surface area contributed by atoms with Crippen molar-refractivity contribution in [3.63, 3.8) is 0 Å². The number of hydrogen-bond acceptors (Lipinski definition) is 4. The first kappa shape index (κ1) is 13.8. The second-order valence-corrected chi connectivity index (χ2v) is 4.55. The van der Waals surface area contributed by atoms with E-state index in [1.807, 2.05) is 29.2 Å². The molecule has 1 atom stereocenters. The van der Waals surface area contributed by atoms with Crippen LogP contribution in [0.1, 0.15) is 18.0 Å². The Balaban J connectivity index is 2.19. The van der Waals surface area contributed by atoms with Gasteiger partial charge < -0.3 is 14.6 Å². The highest BCUT2D eigenvalue weighted by atomic mass is 16.5. The maximum atomic E-state index is 11.0. The number of aliphatic carboxylic acids is 1. The molecule has 0 aliphatic carbocycles. The van der Waals surface area contributed by atoms with Gasteiger partial charge in [0.1, 0.15) is 5.75 Å². The zero-order valence-corrected chi connectivity index (χ0v) is 11.0. The van der Waals surface area contributed by atoms with Gasteiger partial charge in [0, 0.05) is 31.7 Å². The van der Waals surface area contributed by atoms with E-state index in [2.05, 4.69) is 0 Å². The number of carboxylic acid groups (broad SMARTS) is 1. The summed E-state index contributed by atoms with van der Waals surface area (Å²) >= 11 is 0. The molecule has 1 heterocycles. The van der Waals surface area contributed by atoms with Crippen LogP contribution in [0.3, 0.4) is 0 Å². The third-order valence-corrected chi connectivity index (χ3v) is 3.29. The van der Waals surface area contributed by atoms with Gasteiger partial charge in [-0.1, -0.05) is 18.2 Å². The summed E-state index contributed by atoms with van der Waals surface area (Å²) < 4.78 is 10.7. The fourth-order valence-electron chi connectivity index (χ4n) is 2.43. The van der Waals surface area contributed by atoms with Crippen molar-refractivity contribution in [3.05, 3.63) is 29.8 Å². The van der Waals surface area contributed by atoms with Crippen molar-refractivity contribution in [2.75, 3.05) is 33.4 Å². The van der Waals surface area contributed by atoms with Gasteiger partial charge in [-0.3, -0.25) is 9.69 Å². The first-order valence-electron chi connectivity index (χ1n) is 6.39. The Morgan fingerprint density at radius 3 is 3.05 bits per heavy atom. The second-order valence-electron chi connectivity index (χ2n) is 4.55. The summed E-state index contributed by atoms with van der Waals surface area (Å²) in [5.41, 5.74) is 1.06. The van der Waals surface area contributed by atoms with Crippen molar-refractivity contribution < 1.29 is 19.4 Å². The first-order chi connectivity index (χ1) is 9.22. The molecule has 0 radical (unpaired) electrons. The van der Waals surface area contributed by atoms with Crippen molar-refractivity contribution in [1.82, 2.24) is 4.90 Å². The van der Waals surface area contributed by atoms with Crippen LogP contribution in [-0.4, -0.2) is 49.4 Å². The third-order valence-electron chi connectivity index (χ3n) is 3.29. The summed E-state index contributed by atoms with van der Waals surface area (Å²) in [7, 11) is 1.62. The van der Waals surface area contributed by atoms with Crippen molar-refractivity contribution >= 4 is 5.97 Å². The normalized spacial score (nSPS) is 17.9. The number of rotatable bonds is 6. The molecule has 0 saturated carbocycles. The molecule has 2 rings (SSSR count). The Hall–Kier alpha value is -1.59. The molecule has 0 saturated heterocycles. The van der Waals surface area contributed by atoms with Crippen LogP contribution in [0.25, 0.3) is 0 Å². The Bertz CT molecular complexity index is 435. The van der Waals surface area contributed by atoms with Crippen LogP contribution in [0, 0.1) is 0 Å². The average Bonchev–Trinajstić information content (AvgIpc) is 2.42. The number of nitrogens with zero attached hydrogens (tertiary/aromatic N) is 1. The lowest BCUT2D eigenvalue weighted by atomic mass is 9.99. The van der Waals surface area contributed by atoms with E-state index in [-0.39, 0.29) is 12.6 Å². The molecule has 1 aliphatic heterocycles. The van der Waals surface area contributed by atoms with Crippen molar-refractivity contribution in [2.45, 2.75) is 12.5 Å². The van der Waals surface area contributed by atoms with Crippen molar-refractivity contribution in [1.29, 1.82) is 0 Å². The fourth-order valence-corrected chi connectivity index (χ4v) is 2.43. The van der Waals surface area contributed by atoms with Crippen LogP contribution in [0.5, 0.6) is 5.75 Å². The number of para-hydroxylation sites is 1. The highest BCUT2D eigenvalue weighted by Gasteiger charge is 2.27. The molecular formula is C14H19NO4. The number of methoxy groups -OCH3 is 1. The van der Waals surface area contributed by atoms with Crippen LogP contribution in [0.2, 0.25) is 0 Å². The summed E-state index contributed by atoms with van der Waals surface area (Å²) in [4.78, 5) is 13.0. The number of benzene rings is 1. The lowest BCUT2D eigenvalue weighted by Gasteiger charge is -2.34. The van der Waals surface area contributed by atoms with E-state index in [1.54, 1.807) is 7.11 Å². The van der Waals surface area contributed by atoms with E-state index >= 15 is 0 Å². The predicted octanol–water partition coefficient (Wildman–Crippen LogP) is 1.54. The molecule has 104 valence electrons. The molecule has 19 heavy (non-hydrogen) atoms. The van der Waals surface area contributed by atoms with E-state index in [4.69, 9.17) is 14.6 Å². The minimum absolute atomic E-state index is 0.0162. The number of hydrogen-bond donors (Lipinski definition) is 1. The van der Waals surface area contributed by atoms with Crippen LogP contribution in [0.4, 0.5) is 0 Å². The largest absolute Gasteiger partial charge is 0.493 e. The quantitative estimate of drug-likeness (QED) is 0.845. The molecule has 0 spiro atoms. The smallest absolute Gasteiger partial charge is 0.317 e. The standard InChI is InChI=1S/C14H19NO4/c1-18-9-7-15(10-14(16)17)12-6-8-19-13-5-3-2-4-11(12)13/h2-5,12H,6-10H2,1H3,(H,16,17). The van der Waals surface area contributed by atoms with E-state index in [0.717, 1.165) is 17.7 Å². The van der Waals surface area contributed by atoms with Gasteiger partial charge in [-0.2, -0.15) is 0 Å². The van der Waals surface area contributed by atoms with Gasteiger partial charge in [0.2, 0.25) is 0 Å². The topological polar surface area (TPSA) is 59.0 Å². The molecule has 1 unspecified atom stereocenters. The minimum atomic E-state index is -0.819. The van der Waals surface area contributed by atoms with Gasteiger partial charge in [-0.15, -0.1) is 0 Å². The molecule has 0 bridgehead atoms. The first-order valence-corrected chi connectivity index (χ1v) is 6.39. The van der Waals surface area contributed by atoms with Crippen molar-refractivity contribution in [3.8, 4) is 5.75 Å². The highest BCUT2D eigenvalue weighted by molar-refractivity contribution is 5.69. The molecule has 1 N–H and O–H groups in total. The molecule has 0 fully saturated rings. The maximum Gasteiger partial charge on any atom is 0.317 e. The van der Waals surface area contributed by atoms with Gasteiger partial charge in [-0.25, -0.2) is 0 Å². The van der Waals surface area contributed by atoms with Gasteiger partial charge in [0.25, 0.3) is 0 Å². The summed E-state index contributed by atoms with van der Waals surface area (Å²) in [5.74, 6) is 0.0339. The maximum absolute atomic E-state index is 11.0. The summed E-state index contributed by atoms with van der Waals surface area (Å²) in [5, 5.41) is 9.05. The summed E-state index contributed by atoms with van der Waals surface area (Å²) in [6.07, 6.45) is 0.800. The Morgan fingerprint density at radius 1 is 1.53 bits per heavy atom. The number of carboxylic acids is 1. The van der Waals surface area contributed by atoms with Crippen LogP contribution in [-0.2, 0) is 9.53 Å². The lowest BCUT2D eigenvalue weighted by molar-refractivity contribution is -0.139. The van der Waals surface area contributed by atoms with E-state index in [1.165, 1.54) is 0 Å². The van der Waals surface area contributed by atoms with E-state index in [0.29, 0.717) is 19.8 Å². The summed E-state index contributed by atoms with van der Waals surface area (Å²) in [6, 6.07) is 7.89. The molecule has 1 aliphatic rings. The lowest BCUT2D eigenvalue weighted by Crippen LogP contribution is -2.38. The predicted molar refractivity (Wildman–Crippen MR) is 70.4 cm³/mol. The molecule has 1 aromatic carbocycles. The molecule has 0 aromatic heterocycles. The van der Waals surface area contributed by atoms with Crippen molar-refractivity contribution in [2.24, 2.45) is 0 Å². The molecular weight excluding hydrogens is 246 g/mol. The van der Waals surface area contributed by atoms with E-state index < -0.39 is 5.97 Å². The highest BCUT2D eigenvalue weighted by Crippen LogP contribution is 2.35. The Labute approximate surface area is 112 Å². The van der Waals surface area contributed by atoms with Crippen LogP contribution >= 0.6 is 0 Å². The van der Waals surface area contributed by atoms with Crippen LogP contribution < -0.4 is 4.74 Å². The monoisotopic (exact) mass is 265 g/mol. The van der Waals surface area contributed by atoms with Gasteiger partial charge in [-0.05, 0) is 6.07 Å². The Morgan fingerprint density at radius 2 is 2.32 bits per heavy atom. The molecule has 1 aromatic rings. The molecule has 5 heteroatoms. The van der Waals surface area contributed by atoms with E-state index in [9.17, 15) is 4.79 Å². The number of ether oxygens (including phenoxy) is 2. The van der Waals surface area contributed by atoms with Gasteiger partial charge in [0.15, 0.2) is 0 Å². The van der Waals surface area contributed by atoms with Gasteiger partial charge >= 0.3 is 5.97 Å². The molecule has 5 nitrogen and oxygen atoms in total. The summed E-state index contributed by atoms with van der Waals surface area (Å²) in [6.45, 7) is 1.75. The third kappa shape index (κ3) is 3.45. The second kappa shape index (κ2) is 6.54. The average molecular weight is 265 g/mol. The zero-order valence-electron chi connectivity index (χ0n) is 11.0. The number of carbonyl (C=O) groups is 1. The van der Waals surface area contributed by atoms with Crippen LogP contribution in [0.15, 0.2) is 24.3 Å². The molecule has 0 amide bonds. The minimum Gasteiger partial charge on any atom is -0.493 e. The Kier molecular flexibility index (Phi) is 4.76. The fraction of sp³-hybridized carbons (Fsp3) is 0.500. The number of fused-ring (bicyclic) bond motifs is 1. The zero-order chi connectivity index (χ0) is 13.7. The SMILES string of the molecule is COCCN(CC(=O)O)C1CCOc2ccccc21. The van der Waals surface area contributed by atoms with Gasteiger partial charge in [0.05, 0.1) is 19.8 Å².